The lowest BCUT2D eigenvalue weighted by Gasteiger charge is -2.06. The Morgan fingerprint density at radius 2 is 1.57 bits per heavy atom. The summed E-state index contributed by atoms with van der Waals surface area (Å²) in [7, 11) is 0. The fraction of sp³-hybridized carbons (Fsp3) is 0.400. The average molecular weight is 379 g/mol. The third kappa shape index (κ3) is 9.54. The van der Waals surface area contributed by atoms with Gasteiger partial charge in [-0.2, -0.15) is 0 Å². The van der Waals surface area contributed by atoms with E-state index in [9.17, 15) is 0 Å². The molecule has 1 aliphatic heterocycles. The summed E-state index contributed by atoms with van der Waals surface area (Å²) >= 11 is 3.40. The lowest BCUT2D eigenvalue weighted by Crippen LogP contribution is -2.05. The van der Waals surface area contributed by atoms with Gasteiger partial charge in [-0.3, -0.25) is 0 Å². The van der Waals surface area contributed by atoms with Crippen LogP contribution >= 0.6 is 15.9 Å². The minimum Gasteiger partial charge on any atom is -0.393 e. The maximum absolute atomic E-state index is 9.13. The van der Waals surface area contributed by atoms with Crippen molar-refractivity contribution in [2.45, 2.75) is 46.3 Å². The molecule has 2 aromatic rings. The van der Waals surface area contributed by atoms with Crippen LogP contribution in [0.3, 0.4) is 0 Å². The first kappa shape index (κ1) is 19.9. The van der Waals surface area contributed by atoms with E-state index < -0.39 is 0 Å². The number of benzene rings is 2. The molecule has 2 unspecified atom stereocenters. The predicted octanol–water partition coefficient (Wildman–Crippen LogP) is 5.08. The molecule has 0 spiro atoms. The Labute approximate surface area is 148 Å². The molecule has 2 aromatic carbocycles. The smallest absolute Gasteiger partial charge is 0.0781 e. The summed E-state index contributed by atoms with van der Waals surface area (Å²) in [5.74, 6) is 0. The van der Waals surface area contributed by atoms with E-state index in [2.05, 4.69) is 54.9 Å². The van der Waals surface area contributed by atoms with Gasteiger partial charge >= 0.3 is 0 Å². The number of halogens is 1. The zero-order valence-electron chi connectivity index (χ0n) is 14.4. The first-order valence-electron chi connectivity index (χ1n) is 7.95. The first-order valence-corrected chi connectivity index (χ1v) is 8.74. The molecule has 2 nitrogen and oxygen atoms in total. The largest absolute Gasteiger partial charge is 0.393 e. The van der Waals surface area contributed by atoms with Crippen LogP contribution in [0, 0.1) is 13.8 Å². The fourth-order valence-electron chi connectivity index (χ4n) is 1.80. The van der Waals surface area contributed by atoms with Gasteiger partial charge in [-0.1, -0.05) is 58.4 Å². The second kappa shape index (κ2) is 10.6. The summed E-state index contributed by atoms with van der Waals surface area (Å²) in [5, 5.41) is 9.13. The van der Waals surface area contributed by atoms with Crippen molar-refractivity contribution in [3.8, 4) is 0 Å². The van der Waals surface area contributed by atoms with Crippen LogP contribution < -0.4 is 0 Å². The van der Waals surface area contributed by atoms with Gasteiger partial charge in [-0.15, -0.1) is 0 Å². The van der Waals surface area contributed by atoms with E-state index in [1.807, 2.05) is 37.3 Å². The van der Waals surface area contributed by atoms with Crippen LogP contribution in [0.5, 0.6) is 0 Å². The molecule has 0 bridgehead atoms. The van der Waals surface area contributed by atoms with Crippen molar-refractivity contribution in [1.82, 2.24) is 0 Å². The minimum absolute atomic E-state index is 0.240. The minimum atomic E-state index is -0.240. The molecule has 1 saturated heterocycles. The third-order valence-corrected chi connectivity index (χ3v) is 4.24. The van der Waals surface area contributed by atoms with E-state index in [1.165, 1.54) is 21.2 Å². The van der Waals surface area contributed by atoms with Crippen molar-refractivity contribution < 1.29 is 9.84 Å². The summed E-state index contributed by atoms with van der Waals surface area (Å²) in [6.07, 6.45) is 1.10. The van der Waals surface area contributed by atoms with E-state index in [-0.39, 0.29) is 6.10 Å². The maximum Gasteiger partial charge on any atom is 0.0781 e. The molecule has 0 aliphatic carbocycles. The lowest BCUT2D eigenvalue weighted by atomic mass is 10.0. The molecular formula is C20H27BrO2. The summed E-state index contributed by atoms with van der Waals surface area (Å²) in [6.45, 7) is 8.99. The predicted molar refractivity (Wildman–Crippen MR) is 101 cm³/mol. The molecule has 1 aliphatic rings. The Bertz CT molecular complexity index is 556. The second-order valence-corrected chi connectivity index (χ2v) is 6.73. The third-order valence-electron chi connectivity index (χ3n) is 3.35. The van der Waals surface area contributed by atoms with Crippen molar-refractivity contribution in [2.75, 3.05) is 6.61 Å². The molecular weight excluding hydrogens is 352 g/mol. The number of aliphatic hydroxyl groups is 1. The van der Waals surface area contributed by atoms with Crippen LogP contribution in [-0.4, -0.2) is 23.9 Å². The summed E-state index contributed by atoms with van der Waals surface area (Å²) in [4.78, 5) is 0. The van der Waals surface area contributed by atoms with Crippen LogP contribution in [0.15, 0.2) is 53.0 Å². The first-order chi connectivity index (χ1) is 10.9. The lowest BCUT2D eigenvalue weighted by molar-refractivity contribution is 0.195. The van der Waals surface area contributed by atoms with Crippen molar-refractivity contribution in [3.05, 3.63) is 69.7 Å². The highest BCUT2D eigenvalue weighted by molar-refractivity contribution is 9.10. The van der Waals surface area contributed by atoms with Gasteiger partial charge in [0, 0.05) is 4.47 Å². The Morgan fingerprint density at radius 1 is 1.09 bits per heavy atom. The summed E-state index contributed by atoms with van der Waals surface area (Å²) < 4.78 is 5.89. The van der Waals surface area contributed by atoms with E-state index in [4.69, 9.17) is 9.84 Å². The molecule has 3 rings (SSSR count). The van der Waals surface area contributed by atoms with Crippen LogP contribution in [0.1, 0.15) is 30.5 Å². The second-order valence-electron chi connectivity index (χ2n) is 5.87. The Hall–Kier alpha value is -1.16. The Balaban J connectivity index is 0.000000191. The van der Waals surface area contributed by atoms with Gasteiger partial charge in [0.25, 0.3) is 0 Å². The van der Waals surface area contributed by atoms with Gasteiger partial charge in [0.15, 0.2) is 0 Å². The number of hydrogen-bond acceptors (Lipinski definition) is 2. The highest BCUT2D eigenvalue weighted by atomic mass is 79.9. The number of hydrogen-bond donors (Lipinski definition) is 1. The van der Waals surface area contributed by atoms with Gasteiger partial charge in [0.05, 0.1) is 18.8 Å². The number of epoxide rings is 1. The summed E-state index contributed by atoms with van der Waals surface area (Å²) in [5.41, 5.74) is 3.78. The quantitative estimate of drug-likeness (QED) is 0.738. The molecule has 0 amide bonds. The highest BCUT2D eigenvalue weighted by Gasteiger charge is 2.13. The molecule has 126 valence electrons. The van der Waals surface area contributed by atoms with Crippen LogP contribution in [0.4, 0.5) is 0 Å². The van der Waals surface area contributed by atoms with Crippen LogP contribution in [0.25, 0.3) is 0 Å². The van der Waals surface area contributed by atoms with Crippen molar-refractivity contribution in [2.24, 2.45) is 0 Å². The maximum atomic E-state index is 9.13. The zero-order valence-corrected chi connectivity index (χ0v) is 16.0. The summed E-state index contributed by atoms with van der Waals surface area (Å²) in [6, 6.07) is 16.3. The number of aliphatic hydroxyl groups excluding tert-OH is 1. The van der Waals surface area contributed by atoms with Crippen molar-refractivity contribution >= 4 is 15.9 Å². The zero-order chi connectivity index (χ0) is 17.2. The van der Waals surface area contributed by atoms with Gasteiger partial charge in [0.2, 0.25) is 0 Å². The SMILES string of the molecule is CC1CO1.Cc1ccccc1Br.Cc1ccccc1CC(C)O. The normalized spacial score (nSPS) is 16.3. The molecule has 23 heavy (non-hydrogen) atoms. The van der Waals surface area contributed by atoms with E-state index in [0.717, 1.165) is 13.0 Å². The average Bonchev–Trinajstić information content (AvgIpc) is 3.28. The van der Waals surface area contributed by atoms with Gasteiger partial charge in [0.1, 0.15) is 0 Å². The Morgan fingerprint density at radius 3 is 1.91 bits per heavy atom. The number of aryl methyl sites for hydroxylation is 2. The molecule has 1 fully saturated rings. The van der Waals surface area contributed by atoms with Crippen molar-refractivity contribution in [1.29, 1.82) is 0 Å². The standard InChI is InChI=1S/C10H14O.C7H7Br.C3H6O/c1-8-5-3-4-6-10(8)7-9(2)11;1-6-4-2-3-5-7(6)8;1-3-2-4-3/h3-6,9,11H,7H2,1-2H3;2-5H,1H3;3H,2H2,1H3. The fourth-order valence-corrected chi connectivity index (χ4v) is 2.09. The van der Waals surface area contributed by atoms with Gasteiger partial charge in [-0.25, -0.2) is 0 Å². The monoisotopic (exact) mass is 378 g/mol. The van der Waals surface area contributed by atoms with E-state index in [0.29, 0.717) is 6.10 Å². The molecule has 1 heterocycles. The molecule has 0 aromatic heterocycles. The molecule has 0 saturated carbocycles. The van der Waals surface area contributed by atoms with E-state index >= 15 is 0 Å². The van der Waals surface area contributed by atoms with Crippen LogP contribution in [-0.2, 0) is 11.2 Å². The molecule has 0 radical (unpaired) electrons. The number of rotatable bonds is 2. The Kier molecular flexibility index (Phi) is 9.15. The van der Waals surface area contributed by atoms with Crippen molar-refractivity contribution in [3.63, 3.8) is 0 Å². The van der Waals surface area contributed by atoms with Crippen LogP contribution in [0.2, 0.25) is 0 Å². The topological polar surface area (TPSA) is 32.8 Å². The van der Waals surface area contributed by atoms with E-state index in [1.54, 1.807) is 0 Å². The molecule has 2 atom stereocenters. The molecule has 3 heteroatoms. The number of ether oxygens (including phenoxy) is 1. The highest BCUT2D eigenvalue weighted by Crippen LogP contribution is 2.13. The van der Waals surface area contributed by atoms with Gasteiger partial charge in [-0.05, 0) is 56.9 Å². The van der Waals surface area contributed by atoms with Gasteiger partial charge < -0.3 is 9.84 Å². The molecule has 1 N–H and O–H groups in total.